The fraction of sp³-hybridized carbons (Fsp3) is 0.209. The summed E-state index contributed by atoms with van der Waals surface area (Å²) in [6, 6.07) is 30.5. The lowest BCUT2D eigenvalue weighted by molar-refractivity contribution is 0.108. The zero-order valence-corrected chi connectivity index (χ0v) is 29.5. The van der Waals surface area contributed by atoms with Crippen LogP contribution in [0.2, 0.25) is 0 Å². The lowest BCUT2D eigenvalue weighted by Gasteiger charge is -2.09. The monoisotopic (exact) mass is 700 g/mol. The molecule has 51 heavy (non-hydrogen) atoms. The van der Waals surface area contributed by atoms with Crippen molar-refractivity contribution < 1.29 is 9.59 Å². The molecule has 248 valence electrons. The lowest BCUT2D eigenvalue weighted by atomic mass is 9.99. The van der Waals surface area contributed by atoms with Crippen LogP contribution in [-0.2, 0) is 0 Å². The van der Waals surface area contributed by atoms with Crippen molar-refractivity contribution in [2.24, 2.45) is 0 Å². The van der Waals surface area contributed by atoms with E-state index < -0.39 is 0 Å². The highest BCUT2D eigenvalue weighted by Gasteiger charge is 2.31. The maximum absolute atomic E-state index is 13.4. The van der Waals surface area contributed by atoms with Crippen molar-refractivity contribution in [3.63, 3.8) is 0 Å². The Bertz CT molecular complexity index is 2100. The molecule has 0 heterocycles. The molecule has 0 aliphatic heterocycles. The van der Waals surface area contributed by atoms with Gasteiger partial charge >= 0.3 is 0 Å². The predicted octanol–water partition coefficient (Wildman–Crippen LogP) is 11.2. The molecule has 2 aliphatic carbocycles. The Balaban J connectivity index is 0.933. The number of hydrogen-bond donors (Lipinski definition) is 0. The quantitative estimate of drug-likeness (QED) is 0.0717. The van der Waals surface area contributed by atoms with Gasteiger partial charge in [-0.25, -0.2) is 20.2 Å². The van der Waals surface area contributed by atoms with Gasteiger partial charge in [0.05, 0.1) is 25.3 Å². The molecule has 0 N–H and O–H groups in total. The van der Waals surface area contributed by atoms with Gasteiger partial charge in [-0.15, -0.1) is 0 Å². The van der Waals surface area contributed by atoms with Crippen molar-refractivity contribution in [2.75, 3.05) is 11.5 Å². The Morgan fingerprint density at radius 3 is 1.24 bits per heavy atom. The molecule has 0 spiro atoms. The van der Waals surface area contributed by atoms with E-state index in [0.29, 0.717) is 22.3 Å². The van der Waals surface area contributed by atoms with Crippen molar-refractivity contribution in [3.05, 3.63) is 153 Å². The maximum atomic E-state index is 13.4. The van der Waals surface area contributed by atoms with Crippen LogP contribution in [0, 0.1) is 35.8 Å². The number of rotatable bonds is 12. The van der Waals surface area contributed by atoms with Crippen molar-refractivity contribution in [1.82, 2.24) is 0 Å². The van der Waals surface area contributed by atoms with Crippen molar-refractivity contribution >= 4 is 44.9 Å². The summed E-state index contributed by atoms with van der Waals surface area (Å²) in [4.78, 5) is 33.6. The Labute approximate surface area is 307 Å². The van der Waals surface area contributed by atoms with E-state index in [1.54, 1.807) is 0 Å². The van der Waals surface area contributed by atoms with Crippen LogP contribution in [0.1, 0.15) is 87.9 Å². The molecule has 4 aromatic carbocycles. The van der Waals surface area contributed by atoms with Crippen LogP contribution < -0.4 is 0 Å². The van der Waals surface area contributed by atoms with E-state index >= 15 is 0 Å². The number of hydrogen-bond acceptors (Lipinski definition) is 6. The molecule has 0 saturated heterocycles. The molecule has 0 amide bonds. The summed E-state index contributed by atoms with van der Waals surface area (Å²) in [5.41, 5.74) is 9.11. The van der Waals surface area contributed by atoms with Gasteiger partial charge in [0.2, 0.25) is 10.2 Å². The third kappa shape index (κ3) is 7.04. The molecule has 0 fully saturated rings. The summed E-state index contributed by atoms with van der Waals surface area (Å²) >= 11 is 2.66. The van der Waals surface area contributed by atoms with Gasteiger partial charge in [-0.2, -0.15) is 0 Å². The van der Waals surface area contributed by atoms with E-state index in [9.17, 15) is 20.1 Å². The largest absolute Gasteiger partial charge is 0.282 e. The molecule has 2 aliphatic rings. The van der Waals surface area contributed by atoms with Crippen molar-refractivity contribution in [1.29, 1.82) is 10.5 Å². The molecule has 4 aromatic rings. The van der Waals surface area contributed by atoms with Gasteiger partial charge in [0.1, 0.15) is 0 Å². The number of nitriles is 2. The Morgan fingerprint density at radius 1 is 0.510 bits per heavy atom. The van der Waals surface area contributed by atoms with Crippen LogP contribution >= 0.6 is 23.5 Å². The standard InChI is InChI=1S/C43H32N4O2S2/c1-46-36(26-44)40-30-18-10-8-16-28(30)38-32(40)20-14-22-34(38)42(48)50-24-12-6-4-3-5-7-13-25-51-43(49)35-23-15-21-33-39(35)29-17-9-11-19-31(29)41(33)37(27-45)47-2/h8-11,14-23H,3-7,12-13,24-25H2. The average Bonchev–Trinajstić information content (AvgIpc) is 3.68. The normalized spacial score (nSPS) is 13.7. The zero-order valence-electron chi connectivity index (χ0n) is 27.9. The van der Waals surface area contributed by atoms with Crippen molar-refractivity contribution in [3.8, 4) is 34.4 Å². The van der Waals surface area contributed by atoms with Crippen LogP contribution in [0.25, 0.3) is 43.1 Å². The third-order valence-corrected chi connectivity index (χ3v) is 11.2. The molecule has 6 rings (SSSR count). The first kappa shape index (κ1) is 35.2. The maximum Gasteiger partial charge on any atom is 0.270 e. The minimum absolute atomic E-state index is 0.00753. The smallest absolute Gasteiger partial charge is 0.270 e. The fourth-order valence-electron chi connectivity index (χ4n) is 6.93. The van der Waals surface area contributed by atoms with Gasteiger partial charge in [-0.05, 0) is 58.4 Å². The average molecular weight is 701 g/mol. The highest BCUT2D eigenvalue weighted by atomic mass is 32.2. The highest BCUT2D eigenvalue weighted by Crippen LogP contribution is 2.49. The fourth-order valence-corrected chi connectivity index (χ4v) is 8.65. The van der Waals surface area contributed by atoms with E-state index in [2.05, 4.69) is 9.69 Å². The number of carbonyl (C=O) groups is 2. The van der Waals surface area contributed by atoms with E-state index in [0.717, 1.165) is 101 Å². The molecule has 0 aromatic heterocycles. The second-order valence-electron chi connectivity index (χ2n) is 12.2. The van der Waals surface area contributed by atoms with Crippen molar-refractivity contribution in [2.45, 2.75) is 44.9 Å². The zero-order chi connectivity index (χ0) is 35.7. The third-order valence-electron chi connectivity index (χ3n) is 9.20. The first-order valence-corrected chi connectivity index (χ1v) is 18.8. The Kier molecular flexibility index (Phi) is 11.3. The number of unbranched alkanes of at least 4 members (excludes halogenated alkanes) is 6. The molecule has 0 unspecified atom stereocenters. The van der Waals surface area contributed by atoms with E-state index in [1.165, 1.54) is 23.5 Å². The molecule has 6 nitrogen and oxygen atoms in total. The second kappa shape index (κ2) is 16.4. The minimum atomic E-state index is 0.00753. The molecule has 0 radical (unpaired) electrons. The summed E-state index contributed by atoms with van der Waals surface area (Å²) in [7, 11) is 0. The van der Waals surface area contributed by atoms with E-state index in [1.807, 2.05) is 97.1 Å². The second-order valence-corrected chi connectivity index (χ2v) is 14.3. The molecule has 0 saturated carbocycles. The number of nitrogens with zero attached hydrogens (tertiary/aromatic N) is 4. The Hall–Kier alpha value is -5.64. The van der Waals surface area contributed by atoms with Gasteiger partial charge in [0.25, 0.3) is 11.4 Å². The van der Waals surface area contributed by atoms with Crippen LogP contribution in [0.3, 0.4) is 0 Å². The number of benzene rings is 4. The van der Waals surface area contributed by atoms with Gasteiger partial charge in [0.15, 0.2) is 0 Å². The molecule has 0 atom stereocenters. The number of fused-ring (bicyclic) bond motifs is 6. The predicted molar refractivity (Wildman–Crippen MR) is 206 cm³/mol. The minimum Gasteiger partial charge on any atom is -0.282 e. The number of allylic oxidation sites excluding steroid dienone is 2. The van der Waals surface area contributed by atoms with Gasteiger partial charge < -0.3 is 0 Å². The first-order chi connectivity index (χ1) is 25.0. The molecular weight excluding hydrogens is 669 g/mol. The first-order valence-electron chi connectivity index (χ1n) is 16.9. The summed E-state index contributed by atoms with van der Waals surface area (Å²) in [5.74, 6) is 1.47. The topological polar surface area (TPSA) is 90.4 Å². The SMILES string of the molecule is [C-]#[N+]C(C#N)=C1c2ccccc2-c2c(C(=O)SCCCCCCCCCSC(=O)c3cccc4c3-c3ccccc3C4=C(C#N)[N+]#[C-])cccc21. The molecule has 0 bridgehead atoms. The van der Waals surface area contributed by atoms with Crippen LogP contribution in [-0.4, -0.2) is 21.7 Å². The van der Waals surface area contributed by atoms with Gasteiger partial charge in [0, 0.05) is 44.9 Å². The summed E-state index contributed by atoms with van der Waals surface area (Å²) in [6.45, 7) is 15.0. The molecular formula is C43H32N4O2S2. The van der Waals surface area contributed by atoms with Gasteiger partial charge in [-0.3, -0.25) is 9.59 Å². The summed E-state index contributed by atoms with van der Waals surface area (Å²) in [6.07, 6.45) is 7.28. The molecule has 8 heteroatoms. The Morgan fingerprint density at radius 2 is 0.863 bits per heavy atom. The van der Waals surface area contributed by atoms with Gasteiger partial charge in [-0.1, -0.05) is 128 Å². The van der Waals surface area contributed by atoms with Crippen LogP contribution in [0.5, 0.6) is 0 Å². The highest BCUT2D eigenvalue weighted by molar-refractivity contribution is 8.14. The van der Waals surface area contributed by atoms with E-state index in [4.69, 9.17) is 13.1 Å². The summed E-state index contributed by atoms with van der Waals surface area (Å²) in [5, 5.41) is 19.2. The summed E-state index contributed by atoms with van der Waals surface area (Å²) < 4.78 is 0. The number of carbonyl (C=O) groups excluding carboxylic acids is 2. The van der Waals surface area contributed by atoms with Crippen LogP contribution in [0.4, 0.5) is 0 Å². The number of thioether (sulfide) groups is 2. The lowest BCUT2D eigenvalue weighted by Crippen LogP contribution is -1.99. The van der Waals surface area contributed by atoms with E-state index in [-0.39, 0.29) is 21.6 Å². The van der Waals surface area contributed by atoms with Crippen LogP contribution in [0.15, 0.2) is 96.3 Å².